The van der Waals surface area contributed by atoms with Gasteiger partial charge in [-0.25, -0.2) is 0 Å². The monoisotopic (exact) mass is 363 g/mol. The maximum Gasteiger partial charge on any atom is 0.315 e. The van der Waals surface area contributed by atoms with E-state index in [1.54, 1.807) is 19.1 Å². The lowest BCUT2D eigenvalue weighted by atomic mass is 10.2. The van der Waals surface area contributed by atoms with Crippen LogP contribution in [-0.4, -0.2) is 24.9 Å². The van der Waals surface area contributed by atoms with Gasteiger partial charge in [-0.15, -0.1) is 0 Å². The van der Waals surface area contributed by atoms with E-state index in [1.807, 2.05) is 19.1 Å². The average molecular weight is 364 g/mol. The number of nitrogens with zero attached hydrogens (tertiary/aromatic N) is 2. The van der Waals surface area contributed by atoms with E-state index in [0.717, 1.165) is 5.56 Å². The van der Waals surface area contributed by atoms with Gasteiger partial charge in [0, 0.05) is 16.7 Å². The summed E-state index contributed by atoms with van der Waals surface area (Å²) < 4.78 is 10.5. The number of halogens is 1. The number of nitrogens with one attached hydrogen (secondary N) is 1. The number of anilines is 1. The molecule has 0 atom stereocenters. The summed E-state index contributed by atoms with van der Waals surface area (Å²) >= 11 is 6.05. The molecule has 132 valence electrons. The van der Waals surface area contributed by atoms with Gasteiger partial charge in [0.15, 0.2) is 5.75 Å². The van der Waals surface area contributed by atoms with Gasteiger partial charge in [-0.3, -0.25) is 15.5 Å². The molecular formula is C17H18ClN3O4. The largest absolute Gasteiger partial charge is 0.493 e. The number of hydrogen-bond acceptors (Lipinski definition) is 6. The van der Waals surface area contributed by atoms with E-state index in [1.165, 1.54) is 19.4 Å². The number of ether oxygens (including phenoxy) is 2. The number of hydrogen-bond donors (Lipinski definition) is 1. The first-order chi connectivity index (χ1) is 12.0. The summed E-state index contributed by atoms with van der Waals surface area (Å²) in [5, 5.41) is 16.0. The Kier molecular flexibility index (Phi) is 6.19. The second-order valence-electron chi connectivity index (χ2n) is 5.10. The van der Waals surface area contributed by atoms with Crippen molar-refractivity contribution in [2.45, 2.75) is 13.8 Å². The molecule has 0 bridgehead atoms. The molecule has 0 spiro atoms. The van der Waals surface area contributed by atoms with Gasteiger partial charge < -0.3 is 9.47 Å². The number of nitro groups is 1. The van der Waals surface area contributed by atoms with Gasteiger partial charge in [-0.2, -0.15) is 5.10 Å². The minimum absolute atomic E-state index is 0.102. The fourth-order valence-electron chi connectivity index (χ4n) is 2.10. The Morgan fingerprint density at radius 3 is 2.72 bits per heavy atom. The third-order valence-corrected chi connectivity index (χ3v) is 3.75. The van der Waals surface area contributed by atoms with E-state index in [4.69, 9.17) is 21.1 Å². The quantitative estimate of drug-likeness (QED) is 0.447. The first-order valence-electron chi connectivity index (χ1n) is 7.50. The Morgan fingerprint density at radius 1 is 1.36 bits per heavy atom. The lowest BCUT2D eigenvalue weighted by Crippen LogP contribution is -2.02. The van der Waals surface area contributed by atoms with Crippen LogP contribution in [0.5, 0.6) is 11.5 Å². The lowest BCUT2D eigenvalue weighted by Gasteiger charge is -2.10. The highest BCUT2D eigenvalue weighted by Crippen LogP contribution is 2.37. The molecule has 0 heterocycles. The minimum Gasteiger partial charge on any atom is -0.493 e. The van der Waals surface area contributed by atoms with Crippen molar-refractivity contribution in [2.75, 3.05) is 19.1 Å². The van der Waals surface area contributed by atoms with Gasteiger partial charge in [0.05, 0.1) is 30.5 Å². The molecule has 0 aliphatic rings. The summed E-state index contributed by atoms with van der Waals surface area (Å²) in [6.07, 6.45) is 1.46. The summed E-state index contributed by atoms with van der Waals surface area (Å²) in [4.78, 5) is 10.8. The Labute approximate surface area is 150 Å². The molecule has 2 rings (SSSR count). The maximum atomic E-state index is 11.3. The van der Waals surface area contributed by atoms with E-state index in [-0.39, 0.29) is 17.2 Å². The number of aryl methyl sites for hydroxylation is 1. The van der Waals surface area contributed by atoms with Gasteiger partial charge in [0.1, 0.15) is 0 Å². The van der Waals surface area contributed by atoms with Crippen molar-refractivity contribution in [3.63, 3.8) is 0 Å². The number of methoxy groups -OCH3 is 1. The van der Waals surface area contributed by atoms with Crippen molar-refractivity contribution >= 4 is 29.2 Å². The topological polar surface area (TPSA) is 86.0 Å². The summed E-state index contributed by atoms with van der Waals surface area (Å²) in [5.74, 6) is 0.376. The highest BCUT2D eigenvalue weighted by Gasteiger charge is 2.21. The van der Waals surface area contributed by atoms with Crippen LogP contribution >= 0.6 is 11.6 Å². The third-order valence-electron chi connectivity index (χ3n) is 3.34. The highest BCUT2D eigenvalue weighted by molar-refractivity contribution is 6.31. The molecule has 2 aromatic rings. The first-order valence-corrected chi connectivity index (χ1v) is 7.88. The van der Waals surface area contributed by atoms with E-state index in [9.17, 15) is 10.1 Å². The minimum atomic E-state index is -0.516. The summed E-state index contributed by atoms with van der Waals surface area (Å²) in [7, 11) is 1.43. The smallest absolute Gasteiger partial charge is 0.315 e. The van der Waals surface area contributed by atoms with Crippen LogP contribution in [0, 0.1) is 17.0 Å². The van der Waals surface area contributed by atoms with Crippen LogP contribution in [0.3, 0.4) is 0 Å². The molecule has 1 N–H and O–H groups in total. The fourth-order valence-corrected chi connectivity index (χ4v) is 2.28. The van der Waals surface area contributed by atoms with Crippen LogP contribution < -0.4 is 14.9 Å². The van der Waals surface area contributed by atoms with Crippen molar-refractivity contribution in [1.29, 1.82) is 0 Å². The summed E-state index contributed by atoms with van der Waals surface area (Å²) in [6.45, 7) is 3.94. The molecule has 0 amide bonds. The zero-order chi connectivity index (χ0) is 18.4. The lowest BCUT2D eigenvalue weighted by molar-refractivity contribution is -0.385. The van der Waals surface area contributed by atoms with Crippen LogP contribution in [0.15, 0.2) is 35.4 Å². The molecule has 2 aromatic carbocycles. The molecule has 0 radical (unpaired) electrons. The fraction of sp³-hybridized carbons (Fsp3) is 0.235. The van der Waals surface area contributed by atoms with Crippen molar-refractivity contribution in [3.8, 4) is 11.5 Å². The molecule has 0 saturated heterocycles. The van der Waals surface area contributed by atoms with Crippen molar-refractivity contribution in [3.05, 3.63) is 56.6 Å². The normalized spacial score (nSPS) is 10.7. The van der Waals surface area contributed by atoms with E-state index in [0.29, 0.717) is 22.9 Å². The van der Waals surface area contributed by atoms with Crippen molar-refractivity contribution in [1.82, 2.24) is 0 Å². The molecule has 0 fully saturated rings. The highest BCUT2D eigenvalue weighted by atomic mass is 35.5. The van der Waals surface area contributed by atoms with Gasteiger partial charge in [0.25, 0.3) is 0 Å². The predicted molar refractivity (Wildman–Crippen MR) is 98.2 cm³/mol. The van der Waals surface area contributed by atoms with Gasteiger partial charge in [-0.05, 0) is 37.6 Å². The number of benzene rings is 2. The molecule has 8 heteroatoms. The summed E-state index contributed by atoms with van der Waals surface area (Å²) in [6, 6.07) is 8.44. The van der Waals surface area contributed by atoms with Gasteiger partial charge in [-0.1, -0.05) is 17.7 Å². The summed E-state index contributed by atoms with van der Waals surface area (Å²) in [5.41, 5.74) is 4.82. The molecule has 0 aliphatic carbocycles. The molecule has 25 heavy (non-hydrogen) atoms. The Balaban J connectivity index is 2.27. The standard InChI is InChI=1S/C17H18ClN3O4/c1-4-25-17-15(21(22)23)7-12(8-16(17)24-3)10-19-20-13-6-5-11(2)14(18)9-13/h5-10,20H,4H2,1-3H3/b19-10+. The maximum absolute atomic E-state index is 11.3. The molecule has 0 saturated carbocycles. The Hall–Kier alpha value is -2.80. The first kappa shape index (κ1) is 18.5. The molecule has 0 aromatic heterocycles. The molecule has 7 nitrogen and oxygen atoms in total. The average Bonchev–Trinajstić information content (AvgIpc) is 2.58. The SMILES string of the molecule is CCOc1c(OC)cc(/C=N/Nc2ccc(C)c(Cl)c2)cc1[N+](=O)[O-]. The van der Waals surface area contributed by atoms with Gasteiger partial charge in [0.2, 0.25) is 5.75 Å². The van der Waals surface area contributed by atoms with E-state index in [2.05, 4.69) is 10.5 Å². The number of nitro benzene ring substituents is 1. The van der Waals surface area contributed by atoms with E-state index >= 15 is 0 Å². The van der Waals surface area contributed by atoms with Gasteiger partial charge >= 0.3 is 5.69 Å². The van der Waals surface area contributed by atoms with Crippen LogP contribution in [0.1, 0.15) is 18.1 Å². The number of rotatable bonds is 7. The zero-order valence-corrected chi connectivity index (χ0v) is 14.8. The molecule has 0 aliphatic heterocycles. The Bertz CT molecular complexity index is 809. The van der Waals surface area contributed by atoms with Crippen LogP contribution in [0.4, 0.5) is 11.4 Å². The van der Waals surface area contributed by atoms with Crippen molar-refractivity contribution in [2.24, 2.45) is 5.10 Å². The van der Waals surface area contributed by atoms with E-state index < -0.39 is 4.92 Å². The second-order valence-corrected chi connectivity index (χ2v) is 5.50. The van der Waals surface area contributed by atoms with Crippen LogP contribution in [0.2, 0.25) is 5.02 Å². The number of hydrazone groups is 1. The van der Waals surface area contributed by atoms with Crippen LogP contribution in [0.25, 0.3) is 0 Å². The Morgan fingerprint density at radius 2 is 2.12 bits per heavy atom. The second kappa shape index (κ2) is 8.34. The van der Waals surface area contributed by atoms with Crippen LogP contribution in [-0.2, 0) is 0 Å². The van der Waals surface area contributed by atoms with Crippen molar-refractivity contribution < 1.29 is 14.4 Å². The molecular weight excluding hydrogens is 346 g/mol. The predicted octanol–water partition coefficient (Wildman–Crippen LogP) is 4.41. The molecule has 0 unspecified atom stereocenters. The third kappa shape index (κ3) is 4.60. The zero-order valence-electron chi connectivity index (χ0n) is 14.1.